The van der Waals surface area contributed by atoms with Gasteiger partial charge in [-0.15, -0.1) is 0 Å². The van der Waals surface area contributed by atoms with Crippen molar-refractivity contribution in [3.8, 4) is 0 Å². The van der Waals surface area contributed by atoms with E-state index < -0.39 is 39.4 Å². The zero-order valence-corrected chi connectivity index (χ0v) is 11.7. The van der Waals surface area contributed by atoms with Crippen molar-refractivity contribution in [3.63, 3.8) is 0 Å². The molecule has 0 bridgehead atoms. The maximum atomic E-state index is 12.3. The van der Waals surface area contributed by atoms with E-state index in [-0.39, 0.29) is 6.61 Å². The molecule has 0 spiro atoms. The fourth-order valence-corrected chi connectivity index (χ4v) is 2.34. The first-order chi connectivity index (χ1) is 7.73. The van der Waals surface area contributed by atoms with Crippen molar-refractivity contribution in [1.29, 1.82) is 0 Å². The van der Waals surface area contributed by atoms with Gasteiger partial charge in [-0.1, -0.05) is 20.8 Å². The predicted octanol–water partition coefficient (Wildman–Crippen LogP) is 1.90. The van der Waals surface area contributed by atoms with Crippen LogP contribution in [0, 0.1) is 11.3 Å². The van der Waals surface area contributed by atoms with E-state index in [0.717, 1.165) is 6.92 Å². The summed E-state index contributed by atoms with van der Waals surface area (Å²) in [5.41, 5.74) is -0.516. The lowest BCUT2D eigenvalue weighted by atomic mass is 9.82. The highest BCUT2D eigenvalue weighted by atomic mass is 32.2. The summed E-state index contributed by atoms with van der Waals surface area (Å²) >= 11 is 0. The molecule has 0 saturated carbocycles. The minimum absolute atomic E-state index is 0.305. The molecule has 4 nitrogen and oxygen atoms in total. The van der Waals surface area contributed by atoms with Crippen molar-refractivity contribution in [1.82, 2.24) is 0 Å². The van der Waals surface area contributed by atoms with Gasteiger partial charge in [0.25, 0.3) is 0 Å². The zero-order valence-electron chi connectivity index (χ0n) is 10.9. The van der Waals surface area contributed by atoms with Gasteiger partial charge in [-0.05, 0) is 12.3 Å². The Hall–Kier alpha value is -0.340. The van der Waals surface area contributed by atoms with Crippen molar-refractivity contribution in [2.75, 3.05) is 12.4 Å². The Bertz CT molecular complexity index is 360. The lowest BCUT2D eigenvalue weighted by Gasteiger charge is -2.31. The summed E-state index contributed by atoms with van der Waals surface area (Å²) in [6.07, 6.45) is -6.38. The molecular weight excluding hydrogens is 271 g/mol. The minimum atomic E-state index is -4.45. The van der Waals surface area contributed by atoms with Crippen LogP contribution in [-0.4, -0.2) is 33.1 Å². The van der Waals surface area contributed by atoms with Gasteiger partial charge >= 0.3 is 6.18 Å². The first kappa shape index (κ1) is 17.7. The third-order valence-electron chi connectivity index (χ3n) is 2.67. The molecule has 2 unspecified atom stereocenters. The summed E-state index contributed by atoms with van der Waals surface area (Å²) < 4.78 is 63.6. The van der Waals surface area contributed by atoms with Crippen LogP contribution in [-0.2, 0) is 14.8 Å². The van der Waals surface area contributed by atoms with E-state index in [1.54, 1.807) is 20.8 Å². The van der Waals surface area contributed by atoms with Gasteiger partial charge < -0.3 is 4.74 Å². The molecule has 0 rings (SSSR count). The Kier molecular flexibility index (Phi) is 5.64. The molecular formula is C10H20F3NO3S. The number of hydrogen-bond donors (Lipinski definition) is 1. The lowest BCUT2D eigenvalue weighted by molar-refractivity contribution is -0.218. The third kappa shape index (κ3) is 7.17. The summed E-state index contributed by atoms with van der Waals surface area (Å²) in [6, 6.07) is 0. The van der Waals surface area contributed by atoms with Crippen LogP contribution in [0.15, 0.2) is 0 Å². The Labute approximate surface area is 106 Å². The number of sulfonamides is 1. The largest absolute Gasteiger partial charge is 0.414 e. The van der Waals surface area contributed by atoms with Crippen LogP contribution >= 0.6 is 0 Å². The van der Waals surface area contributed by atoms with Gasteiger partial charge in [0.1, 0.15) is 0 Å². The minimum Gasteiger partial charge on any atom is -0.369 e. The molecule has 8 heteroatoms. The summed E-state index contributed by atoms with van der Waals surface area (Å²) in [4.78, 5) is 0. The summed E-state index contributed by atoms with van der Waals surface area (Å²) in [5, 5.41) is 4.92. The molecule has 0 aromatic carbocycles. The normalized spacial score (nSPS) is 17.6. The van der Waals surface area contributed by atoms with Gasteiger partial charge in [0.05, 0.1) is 12.4 Å². The van der Waals surface area contributed by atoms with Crippen molar-refractivity contribution < 1.29 is 26.3 Å². The second-order valence-electron chi connectivity index (χ2n) is 5.41. The summed E-state index contributed by atoms with van der Waals surface area (Å²) in [5.74, 6) is -1.00. The Morgan fingerprint density at radius 1 is 1.22 bits per heavy atom. The molecule has 0 aliphatic rings. The van der Waals surface area contributed by atoms with Crippen molar-refractivity contribution in [3.05, 3.63) is 0 Å². The number of primary sulfonamides is 1. The highest BCUT2D eigenvalue weighted by Crippen LogP contribution is 2.29. The van der Waals surface area contributed by atoms with Crippen molar-refractivity contribution in [2.24, 2.45) is 16.5 Å². The Morgan fingerprint density at radius 3 is 1.94 bits per heavy atom. The summed E-state index contributed by atoms with van der Waals surface area (Å²) in [6.45, 7) is 5.76. The molecule has 0 aromatic rings. The quantitative estimate of drug-likeness (QED) is 0.841. The molecule has 18 heavy (non-hydrogen) atoms. The van der Waals surface area contributed by atoms with E-state index in [0.29, 0.717) is 0 Å². The number of halogens is 3. The predicted molar refractivity (Wildman–Crippen MR) is 62.4 cm³/mol. The molecule has 0 aliphatic heterocycles. The average molecular weight is 291 g/mol. The Balaban J connectivity index is 4.65. The topological polar surface area (TPSA) is 69.4 Å². The van der Waals surface area contributed by atoms with Gasteiger partial charge in [-0.2, -0.15) is 13.2 Å². The monoisotopic (exact) mass is 291 g/mol. The first-order valence-corrected chi connectivity index (χ1v) is 7.14. The average Bonchev–Trinajstić information content (AvgIpc) is 2.06. The van der Waals surface area contributed by atoms with Crippen molar-refractivity contribution in [2.45, 2.75) is 40.0 Å². The van der Waals surface area contributed by atoms with Crippen LogP contribution in [0.4, 0.5) is 13.2 Å². The van der Waals surface area contributed by atoms with Gasteiger partial charge in [0.2, 0.25) is 10.0 Å². The van der Waals surface area contributed by atoms with Crippen LogP contribution in [0.5, 0.6) is 0 Å². The molecule has 0 radical (unpaired) electrons. The first-order valence-electron chi connectivity index (χ1n) is 5.42. The molecule has 0 amide bonds. The van der Waals surface area contributed by atoms with Crippen LogP contribution < -0.4 is 5.14 Å². The van der Waals surface area contributed by atoms with E-state index in [1.807, 2.05) is 0 Å². The van der Waals surface area contributed by atoms with Crippen LogP contribution in [0.1, 0.15) is 27.7 Å². The SMILES string of the molecule is CC(OCC(CS(N)(=O)=O)C(C)(C)C)C(F)(F)F. The van der Waals surface area contributed by atoms with Crippen molar-refractivity contribution >= 4 is 10.0 Å². The number of alkyl halides is 3. The molecule has 0 fully saturated rings. The molecule has 2 atom stereocenters. The number of rotatable bonds is 5. The number of ether oxygens (including phenoxy) is 1. The van der Waals surface area contributed by atoms with E-state index >= 15 is 0 Å². The van der Waals surface area contributed by atoms with Gasteiger partial charge in [0.15, 0.2) is 6.10 Å². The van der Waals surface area contributed by atoms with Gasteiger partial charge in [-0.3, -0.25) is 0 Å². The molecule has 0 aromatic heterocycles. The molecule has 0 aliphatic carbocycles. The molecule has 0 heterocycles. The number of hydrogen-bond acceptors (Lipinski definition) is 3. The standard InChI is InChI=1S/C10H20F3NO3S/c1-7(10(11,12)13)17-5-8(9(2,3)4)6-18(14,15)16/h7-8H,5-6H2,1-4H3,(H2,14,15,16). The van der Waals surface area contributed by atoms with Gasteiger partial charge in [0, 0.05) is 5.92 Å². The maximum Gasteiger partial charge on any atom is 0.414 e. The lowest BCUT2D eigenvalue weighted by Crippen LogP contribution is -2.38. The molecule has 2 N–H and O–H groups in total. The Morgan fingerprint density at radius 2 is 1.67 bits per heavy atom. The van der Waals surface area contributed by atoms with E-state index in [2.05, 4.69) is 0 Å². The zero-order chi connectivity index (χ0) is 14.8. The fraction of sp³-hybridized carbons (Fsp3) is 1.00. The second kappa shape index (κ2) is 5.75. The van der Waals surface area contributed by atoms with Gasteiger partial charge in [-0.25, -0.2) is 13.6 Å². The maximum absolute atomic E-state index is 12.3. The third-order valence-corrected chi connectivity index (χ3v) is 3.53. The highest BCUT2D eigenvalue weighted by molar-refractivity contribution is 7.89. The molecule has 110 valence electrons. The van der Waals surface area contributed by atoms with E-state index in [4.69, 9.17) is 9.88 Å². The van der Waals surface area contributed by atoms with Crippen LogP contribution in [0.25, 0.3) is 0 Å². The van der Waals surface area contributed by atoms with E-state index in [1.165, 1.54) is 0 Å². The van der Waals surface area contributed by atoms with Crippen LogP contribution in [0.3, 0.4) is 0 Å². The van der Waals surface area contributed by atoms with Crippen LogP contribution in [0.2, 0.25) is 0 Å². The second-order valence-corrected chi connectivity index (χ2v) is 7.07. The molecule has 0 saturated heterocycles. The fourth-order valence-electron chi connectivity index (χ4n) is 1.18. The van der Waals surface area contributed by atoms with E-state index in [9.17, 15) is 21.6 Å². The summed E-state index contributed by atoms with van der Waals surface area (Å²) in [7, 11) is -3.75. The number of nitrogens with two attached hydrogens (primary N) is 1. The smallest absolute Gasteiger partial charge is 0.369 e. The highest BCUT2D eigenvalue weighted by Gasteiger charge is 2.38.